The standard InChI is InChI=1S/C20H15N3O/c1-2-7-16(8-3-1)23-14-12-17(15-23)24-20-11-6-10-19(22-20)18-9-4-5-13-21-18/h1-15H. The van der Waals surface area contributed by atoms with Gasteiger partial charge >= 0.3 is 0 Å². The molecule has 4 aromatic rings. The van der Waals surface area contributed by atoms with Crippen molar-refractivity contribution in [2.45, 2.75) is 0 Å². The molecule has 0 saturated heterocycles. The molecular weight excluding hydrogens is 298 g/mol. The van der Waals surface area contributed by atoms with Gasteiger partial charge in [0.1, 0.15) is 5.75 Å². The smallest absolute Gasteiger partial charge is 0.219 e. The lowest BCUT2D eigenvalue weighted by atomic mass is 10.2. The minimum atomic E-state index is 0.545. The summed E-state index contributed by atoms with van der Waals surface area (Å²) in [5.41, 5.74) is 2.70. The second-order valence-electron chi connectivity index (χ2n) is 5.27. The summed E-state index contributed by atoms with van der Waals surface area (Å²) in [6, 6.07) is 23.5. The number of hydrogen-bond donors (Lipinski definition) is 0. The summed E-state index contributed by atoms with van der Waals surface area (Å²) in [4.78, 5) is 8.85. The van der Waals surface area contributed by atoms with Crippen molar-refractivity contribution in [3.05, 3.63) is 91.4 Å². The Morgan fingerprint density at radius 3 is 2.42 bits per heavy atom. The van der Waals surface area contributed by atoms with Crippen LogP contribution in [-0.4, -0.2) is 14.5 Å². The Bertz CT molecular complexity index is 933. The molecule has 1 aromatic carbocycles. The maximum Gasteiger partial charge on any atom is 0.219 e. The summed E-state index contributed by atoms with van der Waals surface area (Å²) in [5, 5.41) is 0. The normalized spacial score (nSPS) is 10.5. The van der Waals surface area contributed by atoms with Gasteiger partial charge in [0.15, 0.2) is 0 Å². The summed E-state index contributed by atoms with van der Waals surface area (Å²) in [6.45, 7) is 0. The predicted octanol–water partition coefficient (Wildman–Crippen LogP) is 4.73. The van der Waals surface area contributed by atoms with E-state index in [9.17, 15) is 0 Å². The van der Waals surface area contributed by atoms with Crippen LogP contribution in [0.4, 0.5) is 0 Å². The van der Waals surface area contributed by atoms with E-state index in [0.29, 0.717) is 5.88 Å². The summed E-state index contributed by atoms with van der Waals surface area (Å²) in [7, 11) is 0. The van der Waals surface area contributed by atoms with E-state index in [0.717, 1.165) is 22.8 Å². The predicted molar refractivity (Wildman–Crippen MR) is 93.3 cm³/mol. The molecule has 0 aliphatic carbocycles. The van der Waals surface area contributed by atoms with Gasteiger partial charge in [-0.2, -0.15) is 0 Å². The van der Waals surface area contributed by atoms with Crippen LogP contribution in [0, 0.1) is 0 Å². The fraction of sp³-hybridized carbons (Fsp3) is 0. The second-order valence-corrected chi connectivity index (χ2v) is 5.27. The van der Waals surface area contributed by atoms with Crippen molar-refractivity contribution in [2.75, 3.05) is 0 Å². The van der Waals surface area contributed by atoms with E-state index < -0.39 is 0 Å². The van der Waals surface area contributed by atoms with Gasteiger partial charge in [-0.25, -0.2) is 4.98 Å². The molecule has 0 unspecified atom stereocenters. The summed E-state index contributed by atoms with van der Waals surface area (Å²) < 4.78 is 7.89. The van der Waals surface area contributed by atoms with Crippen molar-refractivity contribution in [3.8, 4) is 28.7 Å². The van der Waals surface area contributed by atoms with Crippen LogP contribution < -0.4 is 4.74 Å². The van der Waals surface area contributed by atoms with Crippen LogP contribution in [0.3, 0.4) is 0 Å². The van der Waals surface area contributed by atoms with Crippen molar-refractivity contribution < 1.29 is 4.74 Å². The average molecular weight is 313 g/mol. The molecular formula is C20H15N3O. The van der Waals surface area contributed by atoms with Gasteiger partial charge in [-0.1, -0.05) is 30.3 Å². The Balaban J connectivity index is 1.57. The first-order valence-electron chi connectivity index (χ1n) is 7.68. The molecule has 24 heavy (non-hydrogen) atoms. The highest BCUT2D eigenvalue weighted by Crippen LogP contribution is 2.24. The Kier molecular flexibility index (Phi) is 3.78. The van der Waals surface area contributed by atoms with Crippen molar-refractivity contribution >= 4 is 0 Å². The van der Waals surface area contributed by atoms with Crippen LogP contribution in [-0.2, 0) is 0 Å². The van der Waals surface area contributed by atoms with Crippen LogP contribution in [0.25, 0.3) is 17.1 Å². The quantitative estimate of drug-likeness (QED) is 0.547. The van der Waals surface area contributed by atoms with Gasteiger partial charge in [-0.3, -0.25) is 4.98 Å². The molecule has 116 valence electrons. The van der Waals surface area contributed by atoms with Gasteiger partial charge in [0.2, 0.25) is 5.88 Å². The molecule has 4 nitrogen and oxygen atoms in total. The lowest BCUT2D eigenvalue weighted by molar-refractivity contribution is 0.463. The van der Waals surface area contributed by atoms with Gasteiger partial charge in [0, 0.05) is 24.1 Å². The van der Waals surface area contributed by atoms with Crippen LogP contribution >= 0.6 is 0 Å². The SMILES string of the molecule is c1ccc(-n2ccc(Oc3cccc(-c4ccccn4)n3)c2)cc1. The highest BCUT2D eigenvalue weighted by molar-refractivity contribution is 5.54. The first kappa shape index (κ1) is 14.2. The zero-order valence-corrected chi connectivity index (χ0v) is 12.9. The molecule has 4 heteroatoms. The highest BCUT2D eigenvalue weighted by atomic mass is 16.5. The minimum Gasteiger partial charge on any atom is -0.437 e. The number of hydrogen-bond acceptors (Lipinski definition) is 3. The van der Waals surface area contributed by atoms with Crippen LogP contribution in [0.5, 0.6) is 11.6 Å². The van der Waals surface area contributed by atoms with Gasteiger partial charge in [-0.05, 0) is 36.4 Å². The van der Waals surface area contributed by atoms with E-state index in [1.165, 1.54) is 0 Å². The molecule has 3 aromatic heterocycles. The Hall–Kier alpha value is -3.40. The molecule has 0 aliphatic heterocycles. The van der Waals surface area contributed by atoms with Crippen molar-refractivity contribution in [1.82, 2.24) is 14.5 Å². The first-order chi connectivity index (χ1) is 11.9. The molecule has 0 spiro atoms. The molecule has 0 bridgehead atoms. The number of rotatable bonds is 4. The lowest BCUT2D eigenvalue weighted by Gasteiger charge is -2.05. The van der Waals surface area contributed by atoms with E-state index in [-0.39, 0.29) is 0 Å². The summed E-state index contributed by atoms with van der Waals surface area (Å²) in [6.07, 6.45) is 5.65. The van der Waals surface area contributed by atoms with E-state index in [2.05, 4.69) is 9.97 Å². The van der Waals surface area contributed by atoms with E-state index in [1.54, 1.807) is 6.20 Å². The van der Waals surface area contributed by atoms with Crippen LogP contribution in [0.1, 0.15) is 0 Å². The maximum absolute atomic E-state index is 5.88. The number of para-hydroxylation sites is 1. The average Bonchev–Trinajstić information content (AvgIpc) is 3.12. The molecule has 0 fully saturated rings. The third-order valence-electron chi connectivity index (χ3n) is 3.59. The Morgan fingerprint density at radius 1 is 0.750 bits per heavy atom. The number of benzene rings is 1. The Morgan fingerprint density at radius 2 is 1.58 bits per heavy atom. The largest absolute Gasteiger partial charge is 0.437 e. The van der Waals surface area contributed by atoms with E-state index >= 15 is 0 Å². The summed E-state index contributed by atoms with van der Waals surface area (Å²) >= 11 is 0. The topological polar surface area (TPSA) is 39.9 Å². The number of aromatic nitrogens is 3. The van der Waals surface area contributed by atoms with Gasteiger partial charge < -0.3 is 9.30 Å². The third-order valence-corrected chi connectivity index (χ3v) is 3.59. The number of nitrogens with zero attached hydrogens (tertiary/aromatic N) is 3. The molecule has 0 saturated carbocycles. The monoisotopic (exact) mass is 313 g/mol. The molecule has 0 atom stereocenters. The molecule has 4 rings (SSSR count). The van der Waals surface area contributed by atoms with E-state index in [1.807, 2.05) is 89.8 Å². The molecule has 0 N–H and O–H groups in total. The second kappa shape index (κ2) is 6.38. The van der Waals surface area contributed by atoms with E-state index in [4.69, 9.17) is 4.74 Å². The molecule has 0 radical (unpaired) electrons. The highest BCUT2D eigenvalue weighted by Gasteiger charge is 2.05. The maximum atomic E-state index is 5.88. The summed E-state index contributed by atoms with van der Waals surface area (Å²) in [5.74, 6) is 1.29. The molecule has 0 aliphatic rings. The Labute approximate surface area is 140 Å². The molecule has 0 amide bonds. The van der Waals surface area contributed by atoms with Gasteiger partial charge in [0.05, 0.1) is 17.6 Å². The first-order valence-corrected chi connectivity index (χ1v) is 7.68. The van der Waals surface area contributed by atoms with Crippen molar-refractivity contribution in [1.29, 1.82) is 0 Å². The zero-order valence-electron chi connectivity index (χ0n) is 12.9. The fourth-order valence-electron chi connectivity index (χ4n) is 2.45. The van der Waals surface area contributed by atoms with Crippen LogP contribution in [0.2, 0.25) is 0 Å². The number of ether oxygens (including phenoxy) is 1. The van der Waals surface area contributed by atoms with Gasteiger partial charge in [-0.15, -0.1) is 0 Å². The van der Waals surface area contributed by atoms with Gasteiger partial charge in [0.25, 0.3) is 0 Å². The fourth-order valence-corrected chi connectivity index (χ4v) is 2.45. The van der Waals surface area contributed by atoms with Crippen molar-refractivity contribution in [3.63, 3.8) is 0 Å². The minimum absolute atomic E-state index is 0.545. The number of pyridine rings is 2. The third kappa shape index (κ3) is 3.03. The molecule has 3 heterocycles. The lowest BCUT2D eigenvalue weighted by Crippen LogP contribution is -1.91. The zero-order chi connectivity index (χ0) is 16.2. The van der Waals surface area contributed by atoms with Crippen molar-refractivity contribution in [2.24, 2.45) is 0 Å². The van der Waals surface area contributed by atoms with Crippen LogP contribution in [0.15, 0.2) is 91.4 Å².